The molecule has 1 nitrogen and oxygen atoms in total. The third kappa shape index (κ3) is 4.19. The van der Waals surface area contributed by atoms with Crippen molar-refractivity contribution in [3.05, 3.63) is 28.2 Å². The Balaban J connectivity index is 3.08. The molecule has 0 spiro atoms. The fourth-order valence-corrected chi connectivity index (χ4v) is 2.74. The van der Waals surface area contributed by atoms with Crippen molar-refractivity contribution >= 4 is 27.7 Å². The topological polar surface area (TPSA) is 20.2 Å². The summed E-state index contributed by atoms with van der Waals surface area (Å²) in [5, 5.41) is 9.03. The quantitative estimate of drug-likeness (QED) is 0.833. The lowest BCUT2D eigenvalue weighted by Gasteiger charge is -2.18. The second-order valence-corrected chi connectivity index (χ2v) is 6.04. The highest BCUT2D eigenvalue weighted by Crippen LogP contribution is 2.39. The SMILES string of the molecule is CC(O)C(C)Sc1cc(Br)ccc1C(F)(F)F. The summed E-state index contributed by atoms with van der Waals surface area (Å²) in [6.45, 7) is 3.25. The van der Waals surface area contributed by atoms with Crippen LogP contribution < -0.4 is 0 Å². The average molecular weight is 329 g/mol. The van der Waals surface area contributed by atoms with Gasteiger partial charge in [-0.05, 0) is 25.1 Å². The third-order valence-corrected chi connectivity index (χ3v) is 4.09. The first kappa shape index (κ1) is 14.9. The largest absolute Gasteiger partial charge is 0.417 e. The molecule has 2 unspecified atom stereocenters. The van der Waals surface area contributed by atoms with E-state index in [2.05, 4.69) is 15.9 Å². The Hall–Kier alpha value is -0.200. The van der Waals surface area contributed by atoms with Gasteiger partial charge in [0.15, 0.2) is 0 Å². The molecule has 17 heavy (non-hydrogen) atoms. The van der Waals surface area contributed by atoms with E-state index in [0.29, 0.717) is 4.47 Å². The minimum atomic E-state index is -4.37. The molecule has 0 saturated heterocycles. The van der Waals surface area contributed by atoms with Gasteiger partial charge in [-0.25, -0.2) is 0 Å². The first-order chi connectivity index (χ1) is 7.71. The van der Waals surface area contributed by atoms with Gasteiger partial charge in [-0.2, -0.15) is 13.2 Å². The lowest BCUT2D eigenvalue weighted by atomic mass is 10.2. The van der Waals surface area contributed by atoms with Crippen LogP contribution in [0.2, 0.25) is 0 Å². The van der Waals surface area contributed by atoms with Crippen LogP contribution in [0.3, 0.4) is 0 Å². The van der Waals surface area contributed by atoms with E-state index >= 15 is 0 Å². The maximum absolute atomic E-state index is 12.7. The molecule has 0 amide bonds. The van der Waals surface area contributed by atoms with Crippen molar-refractivity contribution in [3.63, 3.8) is 0 Å². The molecular formula is C11H12BrF3OS. The number of benzene rings is 1. The fraction of sp³-hybridized carbons (Fsp3) is 0.455. The van der Waals surface area contributed by atoms with E-state index in [0.717, 1.165) is 17.8 Å². The Morgan fingerprint density at radius 2 is 1.88 bits per heavy atom. The molecule has 0 aliphatic carbocycles. The van der Waals surface area contributed by atoms with Crippen molar-refractivity contribution in [3.8, 4) is 0 Å². The summed E-state index contributed by atoms with van der Waals surface area (Å²) < 4.78 is 38.8. The highest BCUT2D eigenvalue weighted by atomic mass is 79.9. The first-order valence-electron chi connectivity index (χ1n) is 4.93. The number of alkyl halides is 3. The molecule has 0 heterocycles. The van der Waals surface area contributed by atoms with Crippen LogP contribution in [-0.2, 0) is 6.18 Å². The summed E-state index contributed by atoms with van der Waals surface area (Å²) in [7, 11) is 0. The van der Waals surface area contributed by atoms with Crippen LogP contribution in [0.25, 0.3) is 0 Å². The van der Waals surface area contributed by atoms with Crippen molar-refractivity contribution in [2.75, 3.05) is 0 Å². The van der Waals surface area contributed by atoms with Gasteiger partial charge in [0.05, 0.1) is 11.7 Å². The monoisotopic (exact) mass is 328 g/mol. The van der Waals surface area contributed by atoms with Crippen molar-refractivity contribution in [1.29, 1.82) is 0 Å². The number of aliphatic hydroxyl groups excluding tert-OH is 1. The Kier molecular flexibility index (Phi) is 4.92. The molecule has 6 heteroatoms. The number of hydrogen-bond donors (Lipinski definition) is 1. The normalized spacial score (nSPS) is 15.7. The van der Waals surface area contributed by atoms with Crippen LogP contribution >= 0.6 is 27.7 Å². The molecule has 0 radical (unpaired) electrons. The van der Waals surface area contributed by atoms with Crippen LogP contribution in [0.1, 0.15) is 19.4 Å². The van der Waals surface area contributed by atoms with Gasteiger partial charge in [-0.3, -0.25) is 0 Å². The summed E-state index contributed by atoms with van der Waals surface area (Å²) in [6.07, 6.45) is -5.04. The van der Waals surface area contributed by atoms with Crippen molar-refractivity contribution in [2.45, 2.75) is 36.3 Å². The average Bonchev–Trinajstić information content (AvgIpc) is 2.15. The number of thioether (sulfide) groups is 1. The Morgan fingerprint density at radius 1 is 1.29 bits per heavy atom. The maximum Gasteiger partial charge on any atom is 0.417 e. The minimum absolute atomic E-state index is 0.125. The summed E-state index contributed by atoms with van der Waals surface area (Å²) >= 11 is 4.17. The number of hydrogen-bond acceptors (Lipinski definition) is 2. The predicted molar refractivity (Wildman–Crippen MR) is 66.1 cm³/mol. The van der Waals surface area contributed by atoms with E-state index in [1.165, 1.54) is 12.1 Å². The number of aliphatic hydroxyl groups is 1. The molecule has 1 aromatic carbocycles. The standard InChI is InChI=1S/C11H12BrF3OS/c1-6(16)7(2)17-10-5-8(12)3-4-9(10)11(13,14)15/h3-7,16H,1-2H3. The molecule has 0 aliphatic rings. The zero-order valence-electron chi connectivity index (χ0n) is 9.25. The molecular weight excluding hydrogens is 317 g/mol. The van der Waals surface area contributed by atoms with E-state index in [-0.39, 0.29) is 10.1 Å². The third-order valence-electron chi connectivity index (χ3n) is 2.24. The molecule has 0 aliphatic heterocycles. The van der Waals surface area contributed by atoms with E-state index in [9.17, 15) is 18.3 Å². The van der Waals surface area contributed by atoms with Crippen molar-refractivity contribution in [1.82, 2.24) is 0 Å². The lowest BCUT2D eigenvalue weighted by molar-refractivity contribution is -0.139. The maximum atomic E-state index is 12.7. The summed E-state index contributed by atoms with van der Waals surface area (Å²) in [6, 6.07) is 3.83. The molecule has 1 aromatic rings. The number of halogens is 4. The smallest absolute Gasteiger partial charge is 0.392 e. The van der Waals surface area contributed by atoms with Gasteiger partial charge >= 0.3 is 6.18 Å². The lowest BCUT2D eigenvalue weighted by Crippen LogP contribution is -2.16. The van der Waals surface area contributed by atoms with Gasteiger partial charge < -0.3 is 5.11 Å². The summed E-state index contributed by atoms with van der Waals surface area (Å²) in [4.78, 5) is 0.125. The fourth-order valence-electron chi connectivity index (χ4n) is 1.13. The van der Waals surface area contributed by atoms with Gasteiger partial charge in [-0.15, -0.1) is 11.8 Å². The highest BCUT2D eigenvalue weighted by molar-refractivity contribution is 9.10. The second kappa shape index (κ2) is 5.63. The molecule has 0 bridgehead atoms. The highest BCUT2D eigenvalue weighted by Gasteiger charge is 2.34. The van der Waals surface area contributed by atoms with Crippen LogP contribution in [0.4, 0.5) is 13.2 Å². The molecule has 96 valence electrons. The zero-order valence-corrected chi connectivity index (χ0v) is 11.7. The first-order valence-corrected chi connectivity index (χ1v) is 6.60. The zero-order chi connectivity index (χ0) is 13.2. The molecule has 2 atom stereocenters. The van der Waals surface area contributed by atoms with Gasteiger partial charge in [0, 0.05) is 14.6 Å². The summed E-state index contributed by atoms with van der Waals surface area (Å²) in [5.41, 5.74) is -0.668. The van der Waals surface area contributed by atoms with Gasteiger partial charge in [0.2, 0.25) is 0 Å². The van der Waals surface area contributed by atoms with Gasteiger partial charge in [-0.1, -0.05) is 22.9 Å². The second-order valence-electron chi connectivity index (χ2n) is 3.70. The minimum Gasteiger partial charge on any atom is -0.392 e. The van der Waals surface area contributed by atoms with E-state index in [4.69, 9.17) is 0 Å². The van der Waals surface area contributed by atoms with Gasteiger partial charge in [0.25, 0.3) is 0 Å². The molecule has 1 rings (SSSR count). The molecule has 0 fully saturated rings. The predicted octanol–water partition coefficient (Wildman–Crippen LogP) is 4.33. The molecule has 1 N–H and O–H groups in total. The molecule has 0 saturated carbocycles. The Labute approximate surface area is 111 Å². The molecule has 0 aromatic heterocycles. The number of rotatable bonds is 3. The van der Waals surface area contributed by atoms with Crippen LogP contribution in [-0.4, -0.2) is 16.5 Å². The van der Waals surface area contributed by atoms with Crippen LogP contribution in [0.5, 0.6) is 0 Å². The van der Waals surface area contributed by atoms with Crippen LogP contribution in [0, 0.1) is 0 Å². The van der Waals surface area contributed by atoms with Crippen molar-refractivity contribution in [2.24, 2.45) is 0 Å². The Morgan fingerprint density at radius 3 is 2.35 bits per heavy atom. The van der Waals surface area contributed by atoms with Crippen LogP contribution in [0.15, 0.2) is 27.6 Å². The Bertz CT molecular complexity index is 393. The van der Waals surface area contributed by atoms with Crippen molar-refractivity contribution < 1.29 is 18.3 Å². The van der Waals surface area contributed by atoms with E-state index < -0.39 is 17.8 Å². The summed E-state index contributed by atoms with van der Waals surface area (Å²) in [5.74, 6) is 0. The van der Waals surface area contributed by atoms with E-state index in [1.54, 1.807) is 13.8 Å². The van der Waals surface area contributed by atoms with E-state index in [1.807, 2.05) is 0 Å². The van der Waals surface area contributed by atoms with Gasteiger partial charge in [0.1, 0.15) is 0 Å².